The summed E-state index contributed by atoms with van der Waals surface area (Å²) in [5, 5.41) is 5.45. The fourth-order valence-electron chi connectivity index (χ4n) is 0.933. The van der Waals surface area contributed by atoms with Gasteiger partial charge in [0.05, 0.1) is 5.01 Å². The molecule has 0 spiro atoms. The lowest BCUT2D eigenvalue weighted by atomic mass is 10.2. The molecule has 3 N–H and O–H groups in total. The Bertz CT molecular complexity index is 309. The van der Waals surface area contributed by atoms with E-state index in [1.54, 1.807) is 5.38 Å². The van der Waals surface area contributed by atoms with Crippen molar-refractivity contribution >= 4 is 17.2 Å². The molecule has 0 aliphatic heterocycles. The van der Waals surface area contributed by atoms with Crippen LogP contribution in [0.1, 0.15) is 35.3 Å². The molecular formula is C9H15N3OS. The maximum Gasteiger partial charge on any atom is 0.270 e. The Morgan fingerprint density at radius 3 is 2.93 bits per heavy atom. The predicted molar refractivity (Wildman–Crippen MR) is 57.6 cm³/mol. The Morgan fingerprint density at radius 1 is 1.71 bits per heavy atom. The molecule has 1 heterocycles. The molecule has 0 saturated heterocycles. The van der Waals surface area contributed by atoms with Crippen molar-refractivity contribution in [1.82, 2.24) is 10.3 Å². The van der Waals surface area contributed by atoms with E-state index in [9.17, 15) is 4.79 Å². The number of hydrogen-bond donors (Lipinski definition) is 2. The third-order valence-corrected chi connectivity index (χ3v) is 2.82. The minimum Gasteiger partial charge on any atom is -0.349 e. The van der Waals surface area contributed by atoms with Gasteiger partial charge in [0.15, 0.2) is 0 Å². The van der Waals surface area contributed by atoms with E-state index < -0.39 is 0 Å². The first-order valence-corrected chi connectivity index (χ1v) is 5.46. The highest BCUT2D eigenvalue weighted by Gasteiger charge is 2.11. The van der Waals surface area contributed by atoms with Gasteiger partial charge in [-0.15, -0.1) is 11.3 Å². The molecular weight excluding hydrogens is 198 g/mol. The van der Waals surface area contributed by atoms with Crippen molar-refractivity contribution < 1.29 is 4.79 Å². The molecule has 0 unspecified atom stereocenters. The van der Waals surface area contributed by atoms with Gasteiger partial charge in [-0.25, -0.2) is 4.98 Å². The Morgan fingerprint density at radius 2 is 2.43 bits per heavy atom. The molecule has 1 aromatic heterocycles. The van der Waals surface area contributed by atoms with E-state index in [1.165, 1.54) is 11.3 Å². The van der Waals surface area contributed by atoms with Gasteiger partial charge in [0.1, 0.15) is 5.69 Å². The Hall–Kier alpha value is -0.940. The van der Waals surface area contributed by atoms with E-state index in [-0.39, 0.29) is 5.91 Å². The van der Waals surface area contributed by atoms with Crippen LogP contribution in [0.4, 0.5) is 0 Å². The Kier molecular flexibility index (Phi) is 4.03. The van der Waals surface area contributed by atoms with Crippen molar-refractivity contribution in [2.24, 2.45) is 5.73 Å². The summed E-state index contributed by atoms with van der Waals surface area (Å²) in [6, 6.07) is 0. The normalized spacial score (nSPS) is 10.6. The SMILES string of the molecule is CC(C)c1nc(C(=O)NCCN)cs1. The number of rotatable bonds is 4. The summed E-state index contributed by atoms with van der Waals surface area (Å²) in [7, 11) is 0. The van der Waals surface area contributed by atoms with Crippen molar-refractivity contribution in [3.63, 3.8) is 0 Å². The van der Waals surface area contributed by atoms with E-state index in [0.717, 1.165) is 5.01 Å². The number of carbonyl (C=O) groups excluding carboxylic acids is 1. The first kappa shape index (κ1) is 11.1. The largest absolute Gasteiger partial charge is 0.349 e. The van der Waals surface area contributed by atoms with Gasteiger partial charge >= 0.3 is 0 Å². The molecule has 0 bridgehead atoms. The van der Waals surface area contributed by atoms with Gasteiger partial charge < -0.3 is 11.1 Å². The molecule has 14 heavy (non-hydrogen) atoms. The third-order valence-electron chi connectivity index (χ3n) is 1.68. The van der Waals surface area contributed by atoms with Crippen molar-refractivity contribution in [1.29, 1.82) is 0 Å². The minimum absolute atomic E-state index is 0.140. The topological polar surface area (TPSA) is 68.0 Å². The number of nitrogens with two attached hydrogens (primary N) is 1. The molecule has 0 atom stereocenters. The highest BCUT2D eigenvalue weighted by molar-refractivity contribution is 7.09. The zero-order chi connectivity index (χ0) is 10.6. The molecule has 0 radical (unpaired) electrons. The quantitative estimate of drug-likeness (QED) is 0.782. The van der Waals surface area contributed by atoms with Crippen LogP contribution in [0.15, 0.2) is 5.38 Å². The van der Waals surface area contributed by atoms with Crippen molar-refractivity contribution in [3.8, 4) is 0 Å². The fraction of sp³-hybridized carbons (Fsp3) is 0.556. The molecule has 0 fully saturated rings. The minimum atomic E-state index is -0.140. The molecule has 1 amide bonds. The number of amides is 1. The number of nitrogens with one attached hydrogen (secondary N) is 1. The van der Waals surface area contributed by atoms with E-state index in [2.05, 4.69) is 24.1 Å². The Balaban J connectivity index is 2.62. The van der Waals surface area contributed by atoms with Gasteiger partial charge in [-0.2, -0.15) is 0 Å². The second kappa shape index (κ2) is 5.07. The summed E-state index contributed by atoms with van der Waals surface area (Å²) in [5.41, 5.74) is 5.77. The number of carbonyl (C=O) groups is 1. The van der Waals surface area contributed by atoms with Crippen molar-refractivity contribution in [2.75, 3.05) is 13.1 Å². The summed E-state index contributed by atoms with van der Waals surface area (Å²) in [4.78, 5) is 15.6. The number of thiazole rings is 1. The summed E-state index contributed by atoms with van der Waals surface area (Å²) in [6.07, 6.45) is 0. The van der Waals surface area contributed by atoms with Gasteiger partial charge in [0.2, 0.25) is 0 Å². The first-order valence-electron chi connectivity index (χ1n) is 4.59. The fourth-order valence-corrected chi connectivity index (χ4v) is 1.75. The molecule has 5 heteroatoms. The second-order valence-corrected chi connectivity index (χ2v) is 4.16. The molecule has 4 nitrogen and oxygen atoms in total. The van der Waals surface area contributed by atoms with Crippen LogP contribution in [0, 0.1) is 0 Å². The van der Waals surface area contributed by atoms with E-state index in [1.807, 2.05) is 0 Å². The lowest BCUT2D eigenvalue weighted by Gasteiger charge is -1.99. The average Bonchev–Trinajstić information content (AvgIpc) is 2.62. The average molecular weight is 213 g/mol. The smallest absolute Gasteiger partial charge is 0.270 e. The van der Waals surface area contributed by atoms with Gasteiger partial charge in [0, 0.05) is 24.4 Å². The number of aromatic nitrogens is 1. The van der Waals surface area contributed by atoms with Gasteiger partial charge in [0.25, 0.3) is 5.91 Å². The van der Waals surface area contributed by atoms with Crippen LogP contribution in [0.25, 0.3) is 0 Å². The molecule has 78 valence electrons. The predicted octanol–water partition coefficient (Wildman–Crippen LogP) is 0.955. The van der Waals surface area contributed by atoms with Crippen LogP contribution in [-0.2, 0) is 0 Å². The van der Waals surface area contributed by atoms with E-state index in [4.69, 9.17) is 5.73 Å². The van der Waals surface area contributed by atoms with Crippen LogP contribution in [0.3, 0.4) is 0 Å². The summed E-state index contributed by atoms with van der Waals surface area (Å²) in [5.74, 6) is 0.231. The van der Waals surface area contributed by atoms with Crippen LogP contribution >= 0.6 is 11.3 Å². The standard InChI is InChI=1S/C9H15N3OS/c1-6(2)9-12-7(5-14-9)8(13)11-4-3-10/h5-6H,3-4,10H2,1-2H3,(H,11,13). The molecule has 0 aromatic carbocycles. The highest BCUT2D eigenvalue weighted by Crippen LogP contribution is 2.18. The Labute approximate surface area is 87.5 Å². The highest BCUT2D eigenvalue weighted by atomic mass is 32.1. The number of nitrogens with zero attached hydrogens (tertiary/aromatic N) is 1. The zero-order valence-electron chi connectivity index (χ0n) is 8.41. The van der Waals surface area contributed by atoms with E-state index >= 15 is 0 Å². The lowest BCUT2D eigenvalue weighted by molar-refractivity contribution is 0.0950. The lowest BCUT2D eigenvalue weighted by Crippen LogP contribution is -2.29. The zero-order valence-corrected chi connectivity index (χ0v) is 9.23. The summed E-state index contributed by atoms with van der Waals surface area (Å²) >= 11 is 1.52. The third kappa shape index (κ3) is 2.78. The van der Waals surface area contributed by atoms with E-state index in [0.29, 0.717) is 24.7 Å². The molecule has 0 aliphatic rings. The van der Waals surface area contributed by atoms with Gasteiger partial charge in [-0.1, -0.05) is 13.8 Å². The maximum atomic E-state index is 11.4. The van der Waals surface area contributed by atoms with Crippen LogP contribution in [0.2, 0.25) is 0 Å². The number of hydrogen-bond acceptors (Lipinski definition) is 4. The van der Waals surface area contributed by atoms with Crippen LogP contribution < -0.4 is 11.1 Å². The van der Waals surface area contributed by atoms with Crippen LogP contribution in [-0.4, -0.2) is 24.0 Å². The molecule has 0 aliphatic carbocycles. The molecule has 1 aromatic rings. The monoisotopic (exact) mass is 213 g/mol. The van der Waals surface area contributed by atoms with Gasteiger partial charge in [-0.05, 0) is 0 Å². The van der Waals surface area contributed by atoms with Crippen molar-refractivity contribution in [3.05, 3.63) is 16.1 Å². The van der Waals surface area contributed by atoms with Crippen LogP contribution in [0.5, 0.6) is 0 Å². The van der Waals surface area contributed by atoms with Crippen molar-refractivity contribution in [2.45, 2.75) is 19.8 Å². The second-order valence-electron chi connectivity index (χ2n) is 3.27. The first-order chi connectivity index (χ1) is 6.65. The molecule has 0 saturated carbocycles. The summed E-state index contributed by atoms with van der Waals surface area (Å²) < 4.78 is 0. The van der Waals surface area contributed by atoms with Gasteiger partial charge in [-0.3, -0.25) is 4.79 Å². The summed E-state index contributed by atoms with van der Waals surface area (Å²) in [6.45, 7) is 5.06. The molecule has 1 rings (SSSR count). The maximum absolute atomic E-state index is 11.4.